The molecule has 2 rings (SSSR count). The molecule has 0 bridgehead atoms. The zero-order valence-corrected chi connectivity index (χ0v) is 12.3. The van der Waals surface area contributed by atoms with Crippen LogP contribution in [0.5, 0.6) is 0 Å². The SMILES string of the molecule is Cc1cccc(CNS(=O)(=O)c2cc(CO)n(C)c2)c1. The first-order chi connectivity index (χ1) is 9.42. The Labute approximate surface area is 118 Å². The molecule has 1 heterocycles. The summed E-state index contributed by atoms with van der Waals surface area (Å²) < 4.78 is 28.5. The summed E-state index contributed by atoms with van der Waals surface area (Å²) in [5.74, 6) is 0. The molecule has 0 saturated heterocycles. The fourth-order valence-electron chi connectivity index (χ4n) is 1.96. The van der Waals surface area contributed by atoms with Crippen LogP contribution in [0.15, 0.2) is 41.4 Å². The monoisotopic (exact) mass is 294 g/mol. The van der Waals surface area contributed by atoms with E-state index in [1.165, 1.54) is 12.3 Å². The van der Waals surface area contributed by atoms with Crippen LogP contribution < -0.4 is 4.72 Å². The summed E-state index contributed by atoms with van der Waals surface area (Å²) in [6.07, 6.45) is 1.49. The molecule has 2 aromatic rings. The summed E-state index contributed by atoms with van der Waals surface area (Å²) in [5.41, 5.74) is 2.55. The van der Waals surface area contributed by atoms with Crippen LogP contribution in [0.25, 0.3) is 0 Å². The van der Waals surface area contributed by atoms with E-state index in [1.807, 2.05) is 31.2 Å². The highest BCUT2D eigenvalue weighted by Gasteiger charge is 2.17. The molecule has 5 nitrogen and oxygen atoms in total. The Morgan fingerprint density at radius 3 is 2.65 bits per heavy atom. The van der Waals surface area contributed by atoms with Crippen LogP contribution in [-0.4, -0.2) is 18.1 Å². The molecule has 0 aliphatic heterocycles. The van der Waals surface area contributed by atoms with Gasteiger partial charge in [-0.2, -0.15) is 0 Å². The highest BCUT2D eigenvalue weighted by molar-refractivity contribution is 7.89. The molecular weight excluding hydrogens is 276 g/mol. The van der Waals surface area contributed by atoms with E-state index >= 15 is 0 Å². The minimum absolute atomic E-state index is 0.164. The number of aromatic nitrogens is 1. The molecule has 6 heteroatoms. The minimum atomic E-state index is -3.57. The highest BCUT2D eigenvalue weighted by Crippen LogP contribution is 2.14. The number of aliphatic hydroxyl groups is 1. The van der Waals surface area contributed by atoms with E-state index in [0.29, 0.717) is 5.69 Å². The number of benzene rings is 1. The van der Waals surface area contributed by atoms with E-state index in [0.717, 1.165) is 11.1 Å². The predicted molar refractivity (Wildman–Crippen MR) is 76.5 cm³/mol. The molecule has 0 fully saturated rings. The van der Waals surface area contributed by atoms with Crippen LogP contribution in [0, 0.1) is 6.92 Å². The predicted octanol–water partition coefficient (Wildman–Crippen LogP) is 1.30. The molecule has 0 aliphatic rings. The number of hydrogen-bond donors (Lipinski definition) is 2. The maximum atomic E-state index is 12.2. The standard InChI is InChI=1S/C14H18N2O3S/c1-11-4-3-5-12(6-11)8-15-20(18,19)14-7-13(10-17)16(2)9-14/h3-7,9,15,17H,8,10H2,1-2H3. The molecule has 0 unspecified atom stereocenters. The first-order valence-corrected chi connectivity index (χ1v) is 7.72. The largest absolute Gasteiger partial charge is 0.390 e. The van der Waals surface area contributed by atoms with Crippen LogP contribution >= 0.6 is 0 Å². The molecule has 0 spiro atoms. The third-order valence-corrected chi connectivity index (χ3v) is 4.47. The average molecular weight is 294 g/mol. The van der Waals surface area contributed by atoms with Crippen molar-refractivity contribution < 1.29 is 13.5 Å². The lowest BCUT2D eigenvalue weighted by molar-refractivity contribution is 0.272. The number of aryl methyl sites for hydroxylation is 2. The zero-order chi connectivity index (χ0) is 14.8. The van der Waals surface area contributed by atoms with Gasteiger partial charge in [0, 0.05) is 25.5 Å². The molecule has 0 amide bonds. The van der Waals surface area contributed by atoms with Crippen molar-refractivity contribution in [1.82, 2.24) is 9.29 Å². The molecule has 1 aromatic heterocycles. The third-order valence-electron chi connectivity index (χ3n) is 3.10. The first kappa shape index (κ1) is 14.8. The third kappa shape index (κ3) is 3.27. The summed E-state index contributed by atoms with van der Waals surface area (Å²) >= 11 is 0. The van der Waals surface area contributed by atoms with Gasteiger partial charge < -0.3 is 9.67 Å². The van der Waals surface area contributed by atoms with Crippen LogP contribution in [0.3, 0.4) is 0 Å². The van der Waals surface area contributed by atoms with Crippen molar-refractivity contribution in [2.45, 2.75) is 25.0 Å². The second kappa shape index (κ2) is 5.78. The van der Waals surface area contributed by atoms with E-state index in [9.17, 15) is 8.42 Å². The smallest absolute Gasteiger partial charge is 0.242 e. The van der Waals surface area contributed by atoms with Crippen molar-refractivity contribution in [3.8, 4) is 0 Å². The van der Waals surface area contributed by atoms with Crippen LogP contribution in [-0.2, 0) is 30.2 Å². The number of hydrogen-bond acceptors (Lipinski definition) is 3. The van der Waals surface area contributed by atoms with Crippen molar-refractivity contribution in [2.24, 2.45) is 7.05 Å². The molecule has 0 aliphatic carbocycles. The Balaban J connectivity index is 2.15. The van der Waals surface area contributed by atoms with Crippen LogP contribution in [0.1, 0.15) is 16.8 Å². The van der Waals surface area contributed by atoms with Crippen molar-refractivity contribution >= 4 is 10.0 Å². The number of aliphatic hydroxyl groups excluding tert-OH is 1. The topological polar surface area (TPSA) is 71.3 Å². The number of rotatable bonds is 5. The summed E-state index contributed by atoms with van der Waals surface area (Å²) in [7, 11) is -1.87. The lowest BCUT2D eigenvalue weighted by atomic mass is 10.1. The lowest BCUT2D eigenvalue weighted by Crippen LogP contribution is -2.22. The van der Waals surface area contributed by atoms with Gasteiger partial charge in [-0.25, -0.2) is 13.1 Å². The van der Waals surface area contributed by atoms with Crippen molar-refractivity contribution in [3.63, 3.8) is 0 Å². The molecular formula is C14H18N2O3S. The van der Waals surface area contributed by atoms with Gasteiger partial charge in [-0.1, -0.05) is 29.8 Å². The van der Waals surface area contributed by atoms with Gasteiger partial charge in [-0.05, 0) is 18.6 Å². The summed E-state index contributed by atoms with van der Waals surface area (Å²) in [4.78, 5) is 0.164. The number of sulfonamides is 1. The van der Waals surface area contributed by atoms with Crippen molar-refractivity contribution in [1.29, 1.82) is 0 Å². The van der Waals surface area contributed by atoms with E-state index < -0.39 is 10.0 Å². The van der Waals surface area contributed by atoms with Gasteiger partial charge in [0.2, 0.25) is 10.0 Å². The molecule has 108 valence electrons. The summed E-state index contributed by atoms with van der Waals surface area (Å²) in [5, 5.41) is 9.10. The van der Waals surface area contributed by atoms with Crippen LogP contribution in [0.4, 0.5) is 0 Å². The fraction of sp³-hybridized carbons (Fsp3) is 0.286. The fourth-order valence-corrected chi connectivity index (χ4v) is 3.08. The minimum Gasteiger partial charge on any atom is -0.390 e. The highest BCUT2D eigenvalue weighted by atomic mass is 32.2. The van der Waals surface area contributed by atoms with Gasteiger partial charge in [0.1, 0.15) is 0 Å². The normalized spacial score (nSPS) is 11.8. The van der Waals surface area contributed by atoms with Crippen molar-refractivity contribution in [2.75, 3.05) is 0 Å². The Morgan fingerprint density at radius 1 is 1.30 bits per heavy atom. The van der Waals surface area contributed by atoms with Crippen LogP contribution in [0.2, 0.25) is 0 Å². The van der Waals surface area contributed by atoms with Gasteiger partial charge >= 0.3 is 0 Å². The second-order valence-corrected chi connectivity index (χ2v) is 6.52. The average Bonchev–Trinajstić information content (AvgIpc) is 2.79. The van der Waals surface area contributed by atoms with Gasteiger partial charge in [0.25, 0.3) is 0 Å². The first-order valence-electron chi connectivity index (χ1n) is 6.23. The Bertz CT molecular complexity index is 705. The maximum absolute atomic E-state index is 12.2. The number of nitrogens with one attached hydrogen (secondary N) is 1. The molecule has 1 aromatic carbocycles. The van der Waals surface area contributed by atoms with E-state index in [1.54, 1.807) is 11.6 Å². The van der Waals surface area contributed by atoms with E-state index in [4.69, 9.17) is 5.11 Å². The van der Waals surface area contributed by atoms with Gasteiger partial charge in [0.05, 0.1) is 11.5 Å². The molecule has 0 atom stereocenters. The lowest BCUT2D eigenvalue weighted by Gasteiger charge is -2.05. The Hall–Kier alpha value is -1.63. The zero-order valence-electron chi connectivity index (χ0n) is 11.5. The maximum Gasteiger partial charge on any atom is 0.242 e. The number of nitrogens with zero attached hydrogens (tertiary/aromatic N) is 1. The van der Waals surface area contributed by atoms with Gasteiger partial charge in [-0.15, -0.1) is 0 Å². The van der Waals surface area contributed by atoms with E-state index in [-0.39, 0.29) is 18.0 Å². The van der Waals surface area contributed by atoms with E-state index in [2.05, 4.69) is 4.72 Å². The molecule has 2 N–H and O–H groups in total. The molecule has 20 heavy (non-hydrogen) atoms. The summed E-state index contributed by atoms with van der Waals surface area (Å²) in [6, 6.07) is 9.14. The van der Waals surface area contributed by atoms with Gasteiger partial charge in [-0.3, -0.25) is 0 Å². The van der Waals surface area contributed by atoms with Crippen molar-refractivity contribution in [3.05, 3.63) is 53.3 Å². The quantitative estimate of drug-likeness (QED) is 0.873. The Morgan fingerprint density at radius 2 is 2.05 bits per heavy atom. The summed E-state index contributed by atoms with van der Waals surface area (Å²) in [6.45, 7) is 2.01. The molecule has 0 saturated carbocycles. The van der Waals surface area contributed by atoms with Gasteiger partial charge in [0.15, 0.2) is 0 Å². The molecule has 0 radical (unpaired) electrons. The second-order valence-electron chi connectivity index (χ2n) is 4.75. The Kier molecular flexibility index (Phi) is 4.27.